The minimum Gasteiger partial charge on any atom is -0.311 e. The molecule has 2 aliphatic heterocycles. The quantitative estimate of drug-likeness (QED) is 0.159. The van der Waals surface area contributed by atoms with Gasteiger partial charge in [-0.15, -0.1) is 11.3 Å². The van der Waals surface area contributed by atoms with Gasteiger partial charge in [0, 0.05) is 43.7 Å². The van der Waals surface area contributed by atoms with Crippen LogP contribution < -0.4 is 25.5 Å². The van der Waals surface area contributed by atoms with Gasteiger partial charge in [-0.2, -0.15) is 0 Å². The van der Waals surface area contributed by atoms with Crippen LogP contribution in [-0.2, 0) is 5.41 Å². The molecule has 0 saturated heterocycles. The summed E-state index contributed by atoms with van der Waals surface area (Å²) in [4.78, 5) is 6.64. The molecule has 1 aromatic heterocycles. The minimum atomic E-state index is -0.465. The van der Waals surface area contributed by atoms with Gasteiger partial charge in [0.25, 0.3) is 6.71 Å². The molecule has 2 nitrogen and oxygen atoms in total. The second-order valence-corrected chi connectivity index (χ2v) is 20.5. The Morgan fingerprint density at radius 1 is 0.456 bits per heavy atom. The highest BCUT2D eigenvalue weighted by Gasteiger charge is 2.57. The molecule has 0 atom stereocenters. The van der Waals surface area contributed by atoms with Crippen molar-refractivity contribution in [1.29, 1.82) is 0 Å². The number of anilines is 6. The third-order valence-electron chi connectivity index (χ3n) is 15.3. The number of fused-ring (bicyclic) bond motifs is 15. The molecule has 3 heterocycles. The topological polar surface area (TPSA) is 6.48 Å². The van der Waals surface area contributed by atoms with Gasteiger partial charge in [-0.1, -0.05) is 183 Å². The Morgan fingerprint density at radius 3 is 1.72 bits per heavy atom. The van der Waals surface area contributed by atoms with Gasteiger partial charge >= 0.3 is 0 Å². The SMILES string of the molecule is Cc1ccc(N2c3cc(C)cc4c3B(c3ccc(-c5ccccc5-c5ccccc5)cc3N4c3ccccc3)c3sc4c(c32)-c2ccc(C(C)C)cc2C42c3ccccc3-c3ccccc32)cc1. The van der Waals surface area contributed by atoms with Gasteiger partial charge in [-0.3, -0.25) is 0 Å². The van der Waals surface area contributed by atoms with Crippen LogP contribution in [0.1, 0.15) is 58.0 Å². The van der Waals surface area contributed by atoms with E-state index in [9.17, 15) is 0 Å². The molecule has 0 saturated carbocycles. The standard InChI is InChI=1S/C64H47BN2S/c1-39(2)43-29-33-51-54(37-43)64(52-25-15-13-23-49(52)50-24-14-16-26-53(50)64)62-59(51)61-63(68-62)65-55-34-30-44(48-22-12-11-21-47(48)42-17-7-5-8-18-42)38-56(55)66(45-19-9-6-10-20-45)57-35-41(4)36-58(60(57)65)67(61)46-31-27-40(3)28-32-46/h5-39H,1-4H3. The Kier molecular flexibility index (Phi) is 8.52. The third kappa shape index (κ3) is 5.35. The Balaban J connectivity index is 1.11. The van der Waals surface area contributed by atoms with E-state index in [2.05, 4.69) is 255 Å². The van der Waals surface area contributed by atoms with Gasteiger partial charge in [0.2, 0.25) is 0 Å². The first-order valence-electron chi connectivity index (χ1n) is 24.1. The molecular formula is C64H47BN2S. The average molecular weight is 887 g/mol. The number of nitrogens with zero attached hydrogens (tertiary/aromatic N) is 2. The normalized spacial score (nSPS) is 14.0. The minimum absolute atomic E-state index is 0.0106. The number of thiophene rings is 1. The predicted molar refractivity (Wildman–Crippen MR) is 289 cm³/mol. The van der Waals surface area contributed by atoms with Crippen molar-refractivity contribution in [2.75, 3.05) is 9.80 Å². The number of hydrogen-bond acceptors (Lipinski definition) is 3. The molecule has 1 spiro atoms. The van der Waals surface area contributed by atoms with E-state index in [1.54, 1.807) is 0 Å². The first kappa shape index (κ1) is 39.5. The van der Waals surface area contributed by atoms with E-state index >= 15 is 0 Å². The summed E-state index contributed by atoms with van der Waals surface area (Å²) in [6.07, 6.45) is 0. The monoisotopic (exact) mass is 886 g/mol. The van der Waals surface area contributed by atoms with Crippen molar-refractivity contribution >= 4 is 67.9 Å². The molecule has 9 aromatic carbocycles. The van der Waals surface area contributed by atoms with Gasteiger partial charge in [0.1, 0.15) is 0 Å². The maximum atomic E-state index is 2.65. The molecule has 322 valence electrons. The number of para-hydroxylation sites is 1. The first-order chi connectivity index (χ1) is 33.4. The van der Waals surface area contributed by atoms with Crippen molar-refractivity contribution in [1.82, 2.24) is 0 Å². The van der Waals surface area contributed by atoms with E-state index in [4.69, 9.17) is 0 Å². The fourth-order valence-electron chi connectivity index (χ4n) is 12.4. The lowest BCUT2D eigenvalue weighted by Gasteiger charge is -2.43. The summed E-state index contributed by atoms with van der Waals surface area (Å²) >= 11 is 2.06. The van der Waals surface area contributed by atoms with Crippen molar-refractivity contribution < 1.29 is 0 Å². The van der Waals surface area contributed by atoms with Crippen molar-refractivity contribution in [3.05, 3.63) is 245 Å². The van der Waals surface area contributed by atoms with Gasteiger partial charge in [0.05, 0.1) is 11.1 Å². The van der Waals surface area contributed by atoms with Crippen LogP contribution in [0.3, 0.4) is 0 Å². The number of hydrogen-bond donors (Lipinski definition) is 0. The molecule has 0 amide bonds. The molecule has 14 rings (SSSR count). The summed E-state index contributed by atoms with van der Waals surface area (Å²) < 4.78 is 1.40. The zero-order valence-corrected chi connectivity index (χ0v) is 39.4. The predicted octanol–water partition coefficient (Wildman–Crippen LogP) is 15.2. The molecule has 0 fully saturated rings. The van der Waals surface area contributed by atoms with E-state index in [1.807, 2.05) is 0 Å². The molecule has 10 aromatic rings. The number of benzene rings is 9. The van der Waals surface area contributed by atoms with Gasteiger partial charge in [0.15, 0.2) is 0 Å². The molecule has 0 N–H and O–H groups in total. The summed E-state index contributed by atoms with van der Waals surface area (Å²) in [7, 11) is 0. The molecule has 0 bridgehead atoms. The Bertz CT molecular complexity index is 3650. The van der Waals surface area contributed by atoms with Crippen molar-refractivity contribution in [2.45, 2.75) is 39.0 Å². The second kappa shape index (κ2) is 14.7. The molecule has 68 heavy (non-hydrogen) atoms. The van der Waals surface area contributed by atoms with Gasteiger partial charge in [-0.25, -0.2) is 0 Å². The fourth-order valence-corrected chi connectivity index (χ4v) is 14.1. The van der Waals surface area contributed by atoms with Crippen LogP contribution in [0.15, 0.2) is 206 Å². The molecule has 4 aliphatic rings. The zero-order chi connectivity index (χ0) is 45.4. The Hall–Kier alpha value is -7.66. The van der Waals surface area contributed by atoms with Crippen molar-refractivity contribution in [3.8, 4) is 44.5 Å². The van der Waals surface area contributed by atoms with Crippen LogP contribution in [0.25, 0.3) is 44.5 Å². The summed E-state index contributed by atoms with van der Waals surface area (Å²) in [5, 5.41) is 0. The number of rotatable bonds is 5. The van der Waals surface area contributed by atoms with Crippen LogP contribution in [0.4, 0.5) is 34.1 Å². The molecule has 0 unspecified atom stereocenters. The highest BCUT2D eigenvalue weighted by Crippen LogP contribution is 2.67. The molecule has 2 aliphatic carbocycles. The van der Waals surface area contributed by atoms with Gasteiger partial charge < -0.3 is 9.80 Å². The molecule has 4 heteroatoms. The van der Waals surface area contributed by atoms with E-state index < -0.39 is 5.41 Å². The lowest BCUT2D eigenvalue weighted by molar-refractivity contribution is 0.799. The smallest absolute Gasteiger partial charge is 0.264 e. The average Bonchev–Trinajstić information content (AvgIpc) is 4.01. The lowest BCUT2D eigenvalue weighted by Crippen LogP contribution is -2.60. The first-order valence-corrected chi connectivity index (χ1v) is 24.9. The Labute approximate surface area is 403 Å². The second-order valence-electron chi connectivity index (χ2n) is 19.5. The highest BCUT2D eigenvalue weighted by molar-refractivity contribution is 7.30. The summed E-state index contributed by atoms with van der Waals surface area (Å²) in [6, 6.07) is 78.2. The zero-order valence-electron chi connectivity index (χ0n) is 38.6. The Morgan fingerprint density at radius 2 is 1.04 bits per heavy atom. The van der Waals surface area contributed by atoms with E-state index in [-0.39, 0.29) is 6.71 Å². The van der Waals surface area contributed by atoms with E-state index in [1.165, 1.54) is 127 Å². The van der Waals surface area contributed by atoms with Crippen LogP contribution in [0.2, 0.25) is 0 Å². The largest absolute Gasteiger partial charge is 0.311 e. The summed E-state index contributed by atoms with van der Waals surface area (Å²) in [5.41, 5.74) is 27.9. The third-order valence-corrected chi connectivity index (χ3v) is 16.7. The highest BCUT2D eigenvalue weighted by atomic mass is 32.1. The molecular weight excluding hydrogens is 840 g/mol. The lowest BCUT2D eigenvalue weighted by atomic mass is 9.36. The van der Waals surface area contributed by atoms with Crippen molar-refractivity contribution in [3.63, 3.8) is 0 Å². The maximum Gasteiger partial charge on any atom is 0.264 e. The van der Waals surface area contributed by atoms with E-state index in [0.717, 1.165) is 5.69 Å². The van der Waals surface area contributed by atoms with Gasteiger partial charge in [-0.05, 0) is 140 Å². The van der Waals surface area contributed by atoms with Crippen LogP contribution in [0, 0.1) is 13.8 Å². The summed E-state index contributed by atoms with van der Waals surface area (Å²) in [6.45, 7) is 9.13. The number of aryl methyl sites for hydroxylation is 2. The fraction of sp³-hybridized carbons (Fsp3) is 0.0938. The van der Waals surface area contributed by atoms with Crippen LogP contribution >= 0.6 is 11.3 Å². The summed E-state index contributed by atoms with van der Waals surface area (Å²) in [5.74, 6) is 0.393. The van der Waals surface area contributed by atoms with Crippen LogP contribution in [-0.4, -0.2) is 6.71 Å². The maximum absolute atomic E-state index is 2.65. The van der Waals surface area contributed by atoms with Crippen molar-refractivity contribution in [2.24, 2.45) is 0 Å². The molecule has 0 radical (unpaired) electrons. The van der Waals surface area contributed by atoms with E-state index in [0.29, 0.717) is 5.92 Å². The van der Waals surface area contributed by atoms with Crippen LogP contribution in [0.5, 0.6) is 0 Å².